The van der Waals surface area contributed by atoms with Gasteiger partial charge in [0.15, 0.2) is 0 Å². The molecule has 152 valence electrons. The van der Waals surface area contributed by atoms with Gasteiger partial charge >= 0.3 is 10.2 Å². The van der Waals surface area contributed by atoms with E-state index in [0.717, 1.165) is 4.31 Å². The summed E-state index contributed by atoms with van der Waals surface area (Å²) >= 11 is 0. The molecule has 1 atom stereocenters. The number of halogens is 1. The van der Waals surface area contributed by atoms with Gasteiger partial charge in [-0.05, 0) is 30.7 Å². The van der Waals surface area contributed by atoms with E-state index in [0.29, 0.717) is 16.7 Å². The number of aromatic nitrogens is 3. The predicted molar refractivity (Wildman–Crippen MR) is 105 cm³/mol. The summed E-state index contributed by atoms with van der Waals surface area (Å²) in [6.07, 6.45) is 0.450. The summed E-state index contributed by atoms with van der Waals surface area (Å²) in [5.74, 6) is 0.535. The number of pyridine rings is 1. The van der Waals surface area contributed by atoms with Gasteiger partial charge in [0.05, 0.1) is 17.2 Å². The zero-order valence-corrected chi connectivity index (χ0v) is 16.3. The van der Waals surface area contributed by atoms with Crippen molar-refractivity contribution in [3.63, 3.8) is 0 Å². The van der Waals surface area contributed by atoms with Crippen LogP contribution < -0.4 is 15.0 Å². The molecule has 29 heavy (non-hydrogen) atoms. The van der Waals surface area contributed by atoms with E-state index < -0.39 is 16.4 Å². The summed E-state index contributed by atoms with van der Waals surface area (Å²) in [4.78, 5) is 20.5. The summed E-state index contributed by atoms with van der Waals surface area (Å²) in [7, 11) is -2.30. The lowest BCUT2D eigenvalue weighted by Crippen LogP contribution is -2.34. The van der Waals surface area contributed by atoms with Gasteiger partial charge in [0, 0.05) is 26.2 Å². The zero-order chi connectivity index (χ0) is 20.6. The van der Waals surface area contributed by atoms with Gasteiger partial charge in [-0.15, -0.1) is 0 Å². The standard InChI is InChI=1S/C18H18FN5O4S/c1-23-11-20-15-6-5-13(9-14(15)18(23)25)28-17-4-2-3-16(21-17)22-29(26,27)24-8-7-12(19)10-24/h2-6,9,11-12H,7-8,10H2,1H3,(H,21,22)/t12-/m0/s1. The molecular formula is C18H18FN5O4S. The smallest absolute Gasteiger partial charge is 0.302 e. The van der Waals surface area contributed by atoms with Gasteiger partial charge in [0.25, 0.3) is 5.56 Å². The molecule has 4 rings (SSSR count). The minimum atomic E-state index is -3.90. The van der Waals surface area contributed by atoms with E-state index in [9.17, 15) is 17.6 Å². The Bertz CT molecular complexity index is 1230. The third-order valence-corrected chi connectivity index (χ3v) is 5.98. The van der Waals surface area contributed by atoms with Crippen LogP contribution in [0.4, 0.5) is 10.2 Å². The minimum absolute atomic E-state index is 0.0446. The molecule has 3 aromatic rings. The lowest BCUT2D eigenvalue weighted by molar-refractivity contribution is 0.343. The third kappa shape index (κ3) is 4.05. The Hall–Kier alpha value is -3.05. The van der Waals surface area contributed by atoms with Crippen LogP contribution in [0.1, 0.15) is 6.42 Å². The largest absolute Gasteiger partial charge is 0.439 e. The molecule has 1 N–H and O–H groups in total. The van der Waals surface area contributed by atoms with Crippen molar-refractivity contribution in [2.45, 2.75) is 12.6 Å². The summed E-state index contributed by atoms with van der Waals surface area (Å²) in [6.45, 7) is -0.0572. The molecule has 9 nitrogen and oxygen atoms in total. The number of benzene rings is 1. The van der Waals surface area contributed by atoms with Crippen LogP contribution in [0.3, 0.4) is 0 Å². The molecule has 1 saturated heterocycles. The van der Waals surface area contributed by atoms with Crippen molar-refractivity contribution < 1.29 is 17.5 Å². The van der Waals surface area contributed by atoms with Crippen LogP contribution in [0.15, 0.2) is 47.5 Å². The summed E-state index contributed by atoms with van der Waals surface area (Å²) in [5.41, 5.74) is 0.318. The summed E-state index contributed by atoms with van der Waals surface area (Å²) in [6, 6.07) is 9.43. The van der Waals surface area contributed by atoms with E-state index in [-0.39, 0.29) is 36.8 Å². The number of nitrogens with zero attached hydrogens (tertiary/aromatic N) is 4. The van der Waals surface area contributed by atoms with Crippen LogP contribution in [0.2, 0.25) is 0 Å². The lowest BCUT2D eigenvalue weighted by Gasteiger charge is -2.16. The van der Waals surface area contributed by atoms with Gasteiger partial charge in [-0.2, -0.15) is 17.7 Å². The first-order valence-corrected chi connectivity index (χ1v) is 10.3. The second-order valence-corrected chi connectivity index (χ2v) is 8.32. The predicted octanol–water partition coefficient (Wildman–Crippen LogP) is 1.82. The normalized spacial score (nSPS) is 17.5. The topological polar surface area (TPSA) is 106 Å². The molecule has 11 heteroatoms. The average molecular weight is 419 g/mol. The van der Waals surface area contributed by atoms with Crippen LogP contribution in [0.25, 0.3) is 10.9 Å². The fourth-order valence-corrected chi connectivity index (χ4v) is 4.22. The highest BCUT2D eigenvalue weighted by molar-refractivity contribution is 7.90. The van der Waals surface area contributed by atoms with Gasteiger partial charge in [-0.25, -0.2) is 9.37 Å². The first-order valence-electron chi connectivity index (χ1n) is 8.84. The monoisotopic (exact) mass is 419 g/mol. The van der Waals surface area contributed by atoms with E-state index in [1.54, 1.807) is 37.4 Å². The van der Waals surface area contributed by atoms with Gasteiger partial charge in [0.2, 0.25) is 5.88 Å². The average Bonchev–Trinajstić information content (AvgIpc) is 3.13. The van der Waals surface area contributed by atoms with Crippen LogP contribution in [-0.4, -0.2) is 46.5 Å². The molecule has 1 aliphatic heterocycles. The number of rotatable bonds is 5. The fraction of sp³-hybridized carbons (Fsp3) is 0.278. The van der Waals surface area contributed by atoms with Crippen molar-refractivity contribution in [1.29, 1.82) is 0 Å². The van der Waals surface area contributed by atoms with Gasteiger partial charge in [0.1, 0.15) is 17.7 Å². The Morgan fingerprint density at radius 3 is 2.86 bits per heavy atom. The quantitative estimate of drug-likeness (QED) is 0.676. The molecule has 0 aliphatic carbocycles. The van der Waals surface area contributed by atoms with Crippen LogP contribution in [0.5, 0.6) is 11.6 Å². The van der Waals surface area contributed by atoms with Crippen LogP contribution in [0, 0.1) is 0 Å². The molecule has 2 aromatic heterocycles. The minimum Gasteiger partial charge on any atom is -0.439 e. The molecule has 0 amide bonds. The SMILES string of the molecule is Cn1cnc2ccc(Oc3cccc(NS(=O)(=O)N4CC[C@H](F)C4)n3)cc2c1=O. The van der Waals surface area contributed by atoms with Crippen LogP contribution in [-0.2, 0) is 17.3 Å². The Morgan fingerprint density at radius 1 is 1.28 bits per heavy atom. The Morgan fingerprint density at radius 2 is 2.10 bits per heavy atom. The molecule has 1 aromatic carbocycles. The molecule has 3 heterocycles. The van der Waals surface area contributed by atoms with Crippen molar-refractivity contribution in [3.8, 4) is 11.6 Å². The van der Waals surface area contributed by atoms with Crippen molar-refractivity contribution in [3.05, 3.63) is 53.1 Å². The molecule has 0 spiro atoms. The van der Waals surface area contributed by atoms with E-state index in [1.165, 1.54) is 17.0 Å². The van der Waals surface area contributed by atoms with Crippen molar-refractivity contribution in [1.82, 2.24) is 18.8 Å². The van der Waals surface area contributed by atoms with E-state index >= 15 is 0 Å². The molecule has 1 aliphatic rings. The first kappa shape index (κ1) is 19.3. The van der Waals surface area contributed by atoms with Crippen molar-refractivity contribution in [2.75, 3.05) is 17.8 Å². The lowest BCUT2D eigenvalue weighted by atomic mass is 10.2. The van der Waals surface area contributed by atoms with E-state index in [2.05, 4.69) is 14.7 Å². The van der Waals surface area contributed by atoms with Gasteiger partial charge in [-0.1, -0.05) is 6.07 Å². The second kappa shape index (κ2) is 7.41. The first-order chi connectivity index (χ1) is 13.8. The van der Waals surface area contributed by atoms with Crippen molar-refractivity contribution >= 4 is 26.9 Å². The maximum absolute atomic E-state index is 13.3. The third-order valence-electron chi connectivity index (χ3n) is 4.50. The number of alkyl halides is 1. The molecule has 0 bridgehead atoms. The van der Waals surface area contributed by atoms with E-state index in [1.807, 2.05) is 0 Å². The number of anilines is 1. The number of fused-ring (bicyclic) bond motifs is 1. The van der Waals surface area contributed by atoms with Crippen LogP contribution >= 0.6 is 0 Å². The maximum Gasteiger partial charge on any atom is 0.302 e. The van der Waals surface area contributed by atoms with Crippen molar-refractivity contribution in [2.24, 2.45) is 7.05 Å². The molecule has 0 unspecified atom stereocenters. The van der Waals surface area contributed by atoms with Gasteiger partial charge < -0.3 is 9.30 Å². The zero-order valence-electron chi connectivity index (χ0n) is 15.4. The molecule has 0 saturated carbocycles. The Labute approximate surface area is 166 Å². The Balaban J connectivity index is 1.56. The number of aryl methyl sites for hydroxylation is 1. The fourth-order valence-electron chi connectivity index (χ4n) is 3.01. The van der Waals surface area contributed by atoms with E-state index in [4.69, 9.17) is 4.74 Å². The number of ether oxygens (including phenoxy) is 1. The highest BCUT2D eigenvalue weighted by Crippen LogP contribution is 2.24. The van der Waals surface area contributed by atoms with Gasteiger partial charge in [-0.3, -0.25) is 9.52 Å². The highest BCUT2D eigenvalue weighted by atomic mass is 32.2. The molecular weight excluding hydrogens is 401 g/mol. The summed E-state index contributed by atoms with van der Waals surface area (Å²) < 4.78 is 48.4. The second-order valence-electron chi connectivity index (χ2n) is 6.65. The number of nitrogens with one attached hydrogen (secondary N) is 1. The molecule has 0 radical (unpaired) electrons. The number of hydrogen-bond donors (Lipinski definition) is 1. The summed E-state index contributed by atoms with van der Waals surface area (Å²) in [5, 5.41) is 0.388. The number of hydrogen-bond acceptors (Lipinski definition) is 6. The Kier molecular flexibility index (Phi) is 4.92. The molecule has 1 fully saturated rings. The highest BCUT2D eigenvalue weighted by Gasteiger charge is 2.31. The maximum atomic E-state index is 13.3.